The molecule has 11 heteroatoms. The Morgan fingerprint density at radius 1 is 1.03 bits per heavy atom. The number of anilines is 1. The number of carbonyl (C=O) groups excluding carboxylic acids is 3. The van der Waals surface area contributed by atoms with Crippen LogP contribution in [-0.2, 0) is 14.4 Å². The molecule has 0 saturated carbocycles. The molecule has 0 atom stereocenters. The number of aromatic nitrogens is 2. The van der Waals surface area contributed by atoms with Crippen LogP contribution in [0.1, 0.15) is 0 Å². The van der Waals surface area contributed by atoms with Crippen LogP contribution in [0.4, 0.5) is 5.69 Å². The van der Waals surface area contributed by atoms with Crippen LogP contribution in [0.5, 0.6) is 5.75 Å². The van der Waals surface area contributed by atoms with Crippen LogP contribution < -0.4 is 20.5 Å². The normalized spacial score (nSPS) is 15.5. The van der Waals surface area contributed by atoms with Gasteiger partial charge in [0.15, 0.2) is 6.61 Å². The Morgan fingerprint density at radius 3 is 2.51 bits per heavy atom. The maximum absolute atomic E-state index is 13.4. The van der Waals surface area contributed by atoms with E-state index in [0.29, 0.717) is 35.6 Å². The van der Waals surface area contributed by atoms with Gasteiger partial charge in [-0.15, -0.1) is 0 Å². The summed E-state index contributed by atoms with van der Waals surface area (Å²) in [6.45, 7) is 9.97. The number of hydrogen-bond acceptors (Lipinski definition) is 7. The first kappa shape index (κ1) is 25.9. The lowest BCUT2D eigenvalue weighted by atomic mass is 10.0. The Bertz CT molecular complexity index is 1600. The molecule has 3 aromatic rings. The van der Waals surface area contributed by atoms with E-state index < -0.39 is 11.5 Å². The Kier molecular flexibility index (Phi) is 6.75. The summed E-state index contributed by atoms with van der Waals surface area (Å²) in [7, 11) is 3.65. The molecule has 5 rings (SSSR count). The highest BCUT2D eigenvalue weighted by Gasteiger charge is 2.25. The highest BCUT2D eigenvalue weighted by Crippen LogP contribution is 2.36. The Labute approximate surface area is 224 Å². The summed E-state index contributed by atoms with van der Waals surface area (Å²) < 4.78 is 6.55. The molecule has 0 aliphatic carbocycles. The number of nitrogens with zero attached hydrogens (tertiary/aromatic N) is 5. The van der Waals surface area contributed by atoms with Gasteiger partial charge in [0, 0.05) is 38.8 Å². The van der Waals surface area contributed by atoms with Crippen molar-refractivity contribution in [3.63, 3.8) is 0 Å². The van der Waals surface area contributed by atoms with E-state index >= 15 is 0 Å². The minimum Gasteiger partial charge on any atom is -0.482 e. The van der Waals surface area contributed by atoms with E-state index in [1.807, 2.05) is 25.2 Å². The highest BCUT2D eigenvalue weighted by molar-refractivity contribution is 6.15. The van der Waals surface area contributed by atoms with E-state index in [4.69, 9.17) is 4.74 Å². The zero-order chi connectivity index (χ0) is 27.8. The van der Waals surface area contributed by atoms with Crippen molar-refractivity contribution in [2.24, 2.45) is 0 Å². The van der Waals surface area contributed by atoms with Crippen LogP contribution >= 0.6 is 0 Å². The van der Waals surface area contributed by atoms with Gasteiger partial charge in [0.25, 0.3) is 23.3 Å². The van der Waals surface area contributed by atoms with E-state index in [9.17, 15) is 19.2 Å². The maximum atomic E-state index is 13.4. The number of hydrogen-bond donors (Lipinski definition) is 1. The highest BCUT2D eigenvalue weighted by atomic mass is 16.5. The smallest absolute Gasteiger partial charge is 0.272 e. The summed E-state index contributed by atoms with van der Waals surface area (Å²) >= 11 is 0. The third-order valence-corrected chi connectivity index (χ3v) is 7.01. The number of piperazine rings is 1. The Hall–Kier alpha value is -4.77. The van der Waals surface area contributed by atoms with Crippen molar-refractivity contribution in [3.05, 3.63) is 71.9 Å². The van der Waals surface area contributed by atoms with Crippen LogP contribution in [-0.4, -0.2) is 84.0 Å². The summed E-state index contributed by atoms with van der Waals surface area (Å²) in [6.07, 6.45) is 1.23. The lowest BCUT2D eigenvalue weighted by molar-refractivity contribution is -0.130. The van der Waals surface area contributed by atoms with Crippen molar-refractivity contribution < 1.29 is 19.1 Å². The first-order valence-electron chi connectivity index (χ1n) is 12.4. The summed E-state index contributed by atoms with van der Waals surface area (Å²) in [4.78, 5) is 60.8. The van der Waals surface area contributed by atoms with Crippen LogP contribution in [0.15, 0.2) is 66.4 Å². The van der Waals surface area contributed by atoms with Crippen LogP contribution in [0, 0.1) is 0 Å². The first-order valence-corrected chi connectivity index (χ1v) is 12.4. The van der Waals surface area contributed by atoms with Crippen molar-refractivity contribution in [3.8, 4) is 16.9 Å². The minimum atomic E-state index is -0.732. The summed E-state index contributed by atoms with van der Waals surface area (Å²) in [6, 6.07) is 10.6. The van der Waals surface area contributed by atoms with Gasteiger partial charge in [-0.2, -0.15) is 0 Å². The molecule has 0 unspecified atom stereocenters. The molecule has 1 N–H and O–H groups in total. The lowest BCUT2D eigenvalue weighted by Crippen LogP contribution is -2.49. The van der Waals surface area contributed by atoms with Gasteiger partial charge < -0.3 is 24.8 Å². The fraction of sp³-hybridized carbons (Fsp3) is 0.250. The number of nitrogens with one attached hydrogen (secondary N) is 1. The maximum Gasteiger partial charge on any atom is 0.272 e. The summed E-state index contributed by atoms with van der Waals surface area (Å²) in [5.74, 6) is -0.681. The molecular weight excluding hydrogens is 500 g/mol. The molecule has 0 radical (unpaired) electrons. The molecule has 1 aromatic heterocycles. The molecule has 39 heavy (non-hydrogen) atoms. The summed E-state index contributed by atoms with van der Waals surface area (Å²) in [5, 5.41) is 2.74. The van der Waals surface area contributed by atoms with Gasteiger partial charge in [-0.05, 0) is 30.8 Å². The number of fused-ring (bicyclic) bond motifs is 2. The predicted molar refractivity (Wildman–Crippen MR) is 147 cm³/mol. The number of likely N-dealkylation sites (N-methyl/N-ethyl adjacent to an activating group) is 2. The Morgan fingerprint density at radius 2 is 1.77 bits per heavy atom. The third-order valence-electron chi connectivity index (χ3n) is 7.01. The monoisotopic (exact) mass is 528 g/mol. The van der Waals surface area contributed by atoms with Gasteiger partial charge in [-0.3, -0.25) is 23.7 Å². The molecule has 3 amide bonds. The molecule has 11 nitrogen and oxygen atoms in total. The van der Waals surface area contributed by atoms with Gasteiger partial charge in [-0.25, -0.2) is 4.98 Å². The van der Waals surface area contributed by atoms with Crippen LogP contribution in [0.3, 0.4) is 0 Å². The number of amides is 3. The second-order valence-corrected chi connectivity index (χ2v) is 9.52. The van der Waals surface area contributed by atoms with Gasteiger partial charge in [0.05, 0.1) is 22.3 Å². The van der Waals surface area contributed by atoms with E-state index in [1.165, 1.54) is 11.2 Å². The molecule has 2 aliphatic rings. The van der Waals surface area contributed by atoms with Crippen LogP contribution in [0.2, 0.25) is 0 Å². The van der Waals surface area contributed by atoms with Crippen molar-refractivity contribution >= 4 is 40.0 Å². The zero-order valence-corrected chi connectivity index (χ0v) is 21.8. The average molecular weight is 529 g/mol. The number of rotatable bonds is 5. The number of para-hydroxylation sites is 1. The van der Waals surface area contributed by atoms with E-state index in [0.717, 1.165) is 23.2 Å². The second-order valence-electron chi connectivity index (χ2n) is 9.52. The minimum absolute atomic E-state index is 0.0208. The standard InChI is InChI=1S/C28H28N6O5/c1-17(27(37)33-12-10-31(3)11-13-33)30-26(36)18(2)34-16-29-25-20(6-5-7-21(25)28(34)38)19-8-9-23-22(14-19)32(4)24(35)15-39-23/h5-9,14,16H,1-2,10-13,15H2,3-4H3,(H,30,36). The largest absolute Gasteiger partial charge is 0.482 e. The van der Waals surface area contributed by atoms with E-state index in [-0.39, 0.29) is 35.2 Å². The topological polar surface area (TPSA) is 117 Å². The average Bonchev–Trinajstić information content (AvgIpc) is 2.94. The van der Waals surface area contributed by atoms with Gasteiger partial charge >= 0.3 is 0 Å². The SMILES string of the molecule is C=C(NC(=O)C(=C)n1cnc2c(-c3ccc4c(c3)N(C)C(=O)CO4)cccc2c1=O)C(=O)N1CCN(C)CC1. The molecule has 0 spiro atoms. The number of benzene rings is 2. The molecule has 1 saturated heterocycles. The molecule has 200 valence electrons. The first-order chi connectivity index (χ1) is 18.7. The van der Waals surface area contributed by atoms with Crippen molar-refractivity contribution in [1.82, 2.24) is 24.7 Å². The number of ether oxygens (including phenoxy) is 1. The molecule has 0 bridgehead atoms. The summed E-state index contributed by atoms with van der Waals surface area (Å²) in [5.41, 5.74) is 1.67. The molecule has 1 fully saturated rings. The van der Waals surface area contributed by atoms with Gasteiger partial charge in [0.1, 0.15) is 17.8 Å². The Balaban J connectivity index is 1.40. The van der Waals surface area contributed by atoms with Crippen molar-refractivity contribution in [2.75, 3.05) is 51.8 Å². The molecular formula is C28H28N6O5. The fourth-order valence-electron chi connectivity index (χ4n) is 4.59. The predicted octanol–water partition coefficient (Wildman–Crippen LogP) is 1.29. The number of carbonyl (C=O) groups is 3. The van der Waals surface area contributed by atoms with E-state index in [2.05, 4.69) is 28.4 Å². The van der Waals surface area contributed by atoms with Crippen LogP contribution in [0.25, 0.3) is 27.7 Å². The third kappa shape index (κ3) is 4.79. The van der Waals surface area contributed by atoms with Crippen molar-refractivity contribution in [2.45, 2.75) is 0 Å². The second kappa shape index (κ2) is 10.2. The zero-order valence-electron chi connectivity index (χ0n) is 21.8. The molecule has 3 heterocycles. The quantitative estimate of drug-likeness (QED) is 0.496. The van der Waals surface area contributed by atoms with Crippen molar-refractivity contribution in [1.29, 1.82) is 0 Å². The molecule has 2 aliphatic heterocycles. The van der Waals surface area contributed by atoms with Gasteiger partial charge in [0.2, 0.25) is 0 Å². The van der Waals surface area contributed by atoms with Gasteiger partial charge in [-0.1, -0.05) is 31.4 Å². The fourth-order valence-corrected chi connectivity index (χ4v) is 4.59. The van der Waals surface area contributed by atoms with E-state index in [1.54, 1.807) is 30.1 Å². The lowest BCUT2D eigenvalue weighted by Gasteiger charge is -2.32. The molecule has 2 aromatic carbocycles.